The number of nitrogens with one attached hydrogen (secondary N) is 2. The number of likely N-dealkylation sites (tertiary alicyclic amines) is 1. The first-order chi connectivity index (χ1) is 12.1. The van der Waals surface area contributed by atoms with Crippen molar-refractivity contribution in [3.63, 3.8) is 0 Å². The van der Waals surface area contributed by atoms with Gasteiger partial charge in [-0.15, -0.1) is 0 Å². The highest BCUT2D eigenvalue weighted by molar-refractivity contribution is 6.05. The molecule has 1 saturated heterocycles. The van der Waals surface area contributed by atoms with Crippen LogP contribution in [0, 0.1) is 0 Å². The Morgan fingerprint density at radius 1 is 1.44 bits per heavy atom. The lowest BCUT2D eigenvalue weighted by Gasteiger charge is -2.26. The molecule has 1 fully saturated rings. The second kappa shape index (κ2) is 7.65. The van der Waals surface area contributed by atoms with E-state index in [-0.39, 0.29) is 17.9 Å². The molecule has 0 aromatic carbocycles. The molecule has 3 heterocycles. The average molecular weight is 343 g/mol. The molecule has 0 spiro atoms. The van der Waals surface area contributed by atoms with Gasteiger partial charge in [0.15, 0.2) is 0 Å². The molecular weight excluding hydrogens is 318 g/mol. The highest BCUT2D eigenvalue weighted by atomic mass is 16.2. The van der Waals surface area contributed by atoms with Gasteiger partial charge in [-0.2, -0.15) is 0 Å². The topological polar surface area (TPSA) is 81.3 Å². The highest BCUT2D eigenvalue weighted by Crippen LogP contribution is 2.19. The van der Waals surface area contributed by atoms with Crippen molar-refractivity contribution in [3.05, 3.63) is 30.1 Å². The van der Waals surface area contributed by atoms with E-state index in [0.717, 1.165) is 43.4 Å². The molecule has 0 aliphatic carbocycles. The molecule has 7 heteroatoms. The number of carbonyl (C=O) groups excluding carboxylic acids is 2. The third kappa shape index (κ3) is 3.82. The Kier molecular flexibility index (Phi) is 5.33. The van der Waals surface area contributed by atoms with Gasteiger partial charge in [-0.25, -0.2) is 4.98 Å². The predicted octanol–water partition coefficient (Wildman–Crippen LogP) is 1.24. The molecule has 1 aliphatic rings. The van der Waals surface area contributed by atoms with E-state index in [1.54, 1.807) is 31.4 Å². The summed E-state index contributed by atoms with van der Waals surface area (Å²) in [6.45, 7) is 2.36. The van der Waals surface area contributed by atoms with Crippen LogP contribution in [0.15, 0.2) is 24.5 Å². The summed E-state index contributed by atoms with van der Waals surface area (Å²) in [6, 6.07) is 3.70. The van der Waals surface area contributed by atoms with Crippen LogP contribution in [0.2, 0.25) is 0 Å². The lowest BCUT2D eigenvalue weighted by molar-refractivity contribution is -0.133. The number of aromatic amines is 1. The molecule has 25 heavy (non-hydrogen) atoms. The van der Waals surface area contributed by atoms with Gasteiger partial charge in [0.25, 0.3) is 5.91 Å². The van der Waals surface area contributed by atoms with Gasteiger partial charge >= 0.3 is 0 Å². The Bertz CT molecular complexity index is 755. The van der Waals surface area contributed by atoms with Crippen LogP contribution in [-0.4, -0.2) is 71.4 Å². The molecule has 2 N–H and O–H groups in total. The summed E-state index contributed by atoms with van der Waals surface area (Å²) < 4.78 is 0. The van der Waals surface area contributed by atoms with Gasteiger partial charge in [0, 0.05) is 45.0 Å². The van der Waals surface area contributed by atoms with Gasteiger partial charge in [-0.3, -0.25) is 14.5 Å². The average Bonchev–Trinajstić information content (AvgIpc) is 3.24. The van der Waals surface area contributed by atoms with Crippen LogP contribution in [0.4, 0.5) is 0 Å². The number of amides is 2. The van der Waals surface area contributed by atoms with E-state index < -0.39 is 0 Å². The largest absolute Gasteiger partial charge is 0.352 e. The second-order valence-corrected chi connectivity index (χ2v) is 6.64. The molecule has 3 rings (SSSR count). The summed E-state index contributed by atoms with van der Waals surface area (Å²) in [4.78, 5) is 35.6. The summed E-state index contributed by atoms with van der Waals surface area (Å²) in [5.41, 5.74) is 1.33. The van der Waals surface area contributed by atoms with Crippen LogP contribution in [0.25, 0.3) is 11.0 Å². The number of carbonyl (C=O) groups is 2. The van der Waals surface area contributed by atoms with E-state index in [9.17, 15) is 9.59 Å². The number of H-pyrrole nitrogens is 1. The van der Waals surface area contributed by atoms with Crippen molar-refractivity contribution in [1.82, 2.24) is 25.1 Å². The number of rotatable bonds is 6. The van der Waals surface area contributed by atoms with Crippen molar-refractivity contribution >= 4 is 22.8 Å². The van der Waals surface area contributed by atoms with Gasteiger partial charge in [0.2, 0.25) is 5.91 Å². The van der Waals surface area contributed by atoms with Crippen molar-refractivity contribution in [2.75, 3.05) is 33.7 Å². The first-order valence-electron chi connectivity index (χ1n) is 8.73. The van der Waals surface area contributed by atoms with Gasteiger partial charge in [-0.1, -0.05) is 0 Å². The lowest BCUT2D eigenvalue weighted by Crippen LogP contribution is -2.43. The molecule has 0 bridgehead atoms. The van der Waals surface area contributed by atoms with Gasteiger partial charge in [0.05, 0.1) is 11.6 Å². The Hall–Kier alpha value is -2.41. The van der Waals surface area contributed by atoms with Crippen LogP contribution in [0.5, 0.6) is 0 Å². The van der Waals surface area contributed by atoms with Gasteiger partial charge < -0.3 is 15.2 Å². The first kappa shape index (κ1) is 17.4. The Morgan fingerprint density at radius 3 is 3.08 bits per heavy atom. The standard InChI is InChI=1S/C18H25N5O2/c1-22(2)18(25)15-7-4-10-23(15)11-5-9-20-17(24)14-12-21-16-13(14)6-3-8-19-16/h3,6,8,12,15H,4-5,7,9-11H2,1-2H3,(H,19,21)(H,20,24)/t15-/m0/s1. The maximum absolute atomic E-state index is 12.3. The minimum Gasteiger partial charge on any atom is -0.352 e. The zero-order chi connectivity index (χ0) is 17.8. The molecule has 1 aliphatic heterocycles. The van der Waals surface area contributed by atoms with Crippen molar-refractivity contribution in [3.8, 4) is 0 Å². The smallest absolute Gasteiger partial charge is 0.253 e. The summed E-state index contributed by atoms with van der Waals surface area (Å²) in [6.07, 6.45) is 6.19. The van der Waals surface area contributed by atoms with E-state index >= 15 is 0 Å². The fraction of sp³-hybridized carbons (Fsp3) is 0.500. The molecule has 2 amide bonds. The molecule has 1 atom stereocenters. The number of likely N-dealkylation sites (N-methyl/N-ethyl adjacent to an activating group) is 1. The molecular formula is C18H25N5O2. The fourth-order valence-electron chi connectivity index (χ4n) is 3.39. The number of pyridine rings is 1. The van der Waals surface area contributed by atoms with E-state index in [2.05, 4.69) is 20.2 Å². The van der Waals surface area contributed by atoms with Crippen LogP contribution >= 0.6 is 0 Å². The molecule has 0 radical (unpaired) electrons. The minimum atomic E-state index is -0.0958. The van der Waals surface area contributed by atoms with E-state index in [1.807, 2.05) is 12.1 Å². The normalized spacial score (nSPS) is 17.8. The van der Waals surface area contributed by atoms with Crippen molar-refractivity contribution in [2.24, 2.45) is 0 Å². The summed E-state index contributed by atoms with van der Waals surface area (Å²) in [5.74, 6) is 0.0782. The zero-order valence-corrected chi connectivity index (χ0v) is 14.8. The maximum atomic E-state index is 12.3. The highest BCUT2D eigenvalue weighted by Gasteiger charge is 2.31. The maximum Gasteiger partial charge on any atom is 0.253 e. The van der Waals surface area contributed by atoms with E-state index in [1.165, 1.54) is 0 Å². The van der Waals surface area contributed by atoms with Crippen molar-refractivity contribution in [2.45, 2.75) is 25.3 Å². The lowest BCUT2D eigenvalue weighted by atomic mass is 10.2. The second-order valence-electron chi connectivity index (χ2n) is 6.64. The number of aromatic nitrogens is 2. The van der Waals surface area contributed by atoms with E-state index in [0.29, 0.717) is 12.1 Å². The summed E-state index contributed by atoms with van der Waals surface area (Å²) in [5, 5.41) is 3.79. The quantitative estimate of drug-likeness (QED) is 0.773. The Morgan fingerprint density at radius 2 is 2.28 bits per heavy atom. The van der Waals surface area contributed by atoms with Gasteiger partial charge in [-0.05, 0) is 37.9 Å². The number of hydrogen-bond donors (Lipinski definition) is 2. The molecule has 2 aromatic rings. The SMILES string of the molecule is CN(C)C(=O)[C@@H]1CCCN1CCCNC(=O)c1c[nH]c2ncccc12. The zero-order valence-electron chi connectivity index (χ0n) is 14.8. The number of fused-ring (bicyclic) bond motifs is 1. The van der Waals surface area contributed by atoms with Crippen molar-refractivity contribution < 1.29 is 9.59 Å². The summed E-state index contributed by atoms with van der Waals surface area (Å²) in [7, 11) is 3.60. The molecule has 2 aromatic heterocycles. The van der Waals surface area contributed by atoms with Gasteiger partial charge in [0.1, 0.15) is 5.65 Å². The third-order valence-electron chi connectivity index (χ3n) is 4.69. The number of hydrogen-bond acceptors (Lipinski definition) is 4. The Balaban J connectivity index is 1.48. The van der Waals surface area contributed by atoms with Crippen molar-refractivity contribution in [1.29, 1.82) is 0 Å². The molecule has 0 unspecified atom stereocenters. The van der Waals surface area contributed by atoms with E-state index in [4.69, 9.17) is 0 Å². The molecule has 7 nitrogen and oxygen atoms in total. The predicted molar refractivity (Wildman–Crippen MR) is 96.3 cm³/mol. The summed E-state index contributed by atoms with van der Waals surface area (Å²) >= 11 is 0. The van der Waals surface area contributed by atoms with Crippen LogP contribution < -0.4 is 5.32 Å². The molecule has 134 valence electrons. The Labute approximate surface area is 147 Å². The number of nitrogens with zero attached hydrogens (tertiary/aromatic N) is 3. The van der Waals surface area contributed by atoms with Crippen LogP contribution in [0.1, 0.15) is 29.6 Å². The fourth-order valence-corrected chi connectivity index (χ4v) is 3.39. The minimum absolute atomic E-state index is 0.00890. The molecule has 0 saturated carbocycles. The monoisotopic (exact) mass is 343 g/mol. The third-order valence-corrected chi connectivity index (χ3v) is 4.69. The van der Waals surface area contributed by atoms with Crippen LogP contribution in [-0.2, 0) is 4.79 Å². The first-order valence-corrected chi connectivity index (χ1v) is 8.73. The van der Waals surface area contributed by atoms with Crippen LogP contribution in [0.3, 0.4) is 0 Å².